The Hall–Kier alpha value is -2.97. The van der Waals surface area contributed by atoms with Crippen molar-refractivity contribution in [2.75, 3.05) is 0 Å². The molecule has 0 bridgehead atoms. The summed E-state index contributed by atoms with van der Waals surface area (Å²) in [7, 11) is 0. The maximum absolute atomic E-state index is 12.5. The Kier molecular flexibility index (Phi) is 5.15. The number of aromatic hydroxyl groups is 1. The van der Waals surface area contributed by atoms with Crippen LogP contribution in [0, 0.1) is 0 Å². The number of carbonyl (C=O) groups excluding carboxylic acids is 3. The zero-order valence-corrected chi connectivity index (χ0v) is 14.8. The predicted molar refractivity (Wildman–Crippen MR) is 102 cm³/mol. The van der Waals surface area contributed by atoms with Gasteiger partial charge in [0.1, 0.15) is 12.0 Å². The largest absolute Gasteiger partial charge is 0.508 e. The molecule has 0 unspecified atom stereocenters. The highest BCUT2D eigenvalue weighted by molar-refractivity contribution is 8.26. The Morgan fingerprint density at radius 1 is 1.08 bits per heavy atom. The number of aldehydes is 1. The maximum atomic E-state index is 12.5. The van der Waals surface area contributed by atoms with Crippen LogP contribution in [-0.4, -0.2) is 32.5 Å². The van der Waals surface area contributed by atoms with E-state index < -0.39 is 11.8 Å². The molecule has 130 valence electrons. The van der Waals surface area contributed by atoms with Crippen molar-refractivity contribution in [2.45, 2.75) is 0 Å². The summed E-state index contributed by atoms with van der Waals surface area (Å²) in [6, 6.07) is 12.3. The smallest absolute Gasteiger partial charge is 0.285 e. The normalized spacial score (nSPS) is 15.4. The number of hydrazine groups is 1. The van der Waals surface area contributed by atoms with Gasteiger partial charge in [0.25, 0.3) is 11.8 Å². The third kappa shape index (κ3) is 3.81. The predicted octanol–water partition coefficient (Wildman–Crippen LogP) is 2.75. The summed E-state index contributed by atoms with van der Waals surface area (Å²) >= 11 is 6.24. The number of hydrogen-bond donors (Lipinski definition) is 2. The van der Waals surface area contributed by atoms with Crippen LogP contribution >= 0.6 is 24.0 Å². The summed E-state index contributed by atoms with van der Waals surface area (Å²) in [6.45, 7) is 0. The second-order valence-corrected chi connectivity index (χ2v) is 6.97. The molecule has 2 N–H and O–H groups in total. The monoisotopic (exact) mass is 384 g/mol. The number of thioether (sulfide) groups is 1. The molecule has 0 radical (unpaired) electrons. The Bertz CT molecular complexity index is 921. The third-order valence-electron chi connectivity index (χ3n) is 3.51. The van der Waals surface area contributed by atoms with E-state index in [0.29, 0.717) is 10.5 Å². The number of amides is 2. The molecule has 2 aromatic rings. The molecule has 1 saturated heterocycles. The zero-order valence-electron chi connectivity index (χ0n) is 13.2. The molecule has 1 aliphatic heterocycles. The minimum absolute atomic E-state index is 0.0377. The van der Waals surface area contributed by atoms with Gasteiger partial charge < -0.3 is 5.11 Å². The summed E-state index contributed by atoms with van der Waals surface area (Å²) < 4.78 is 0.206. The van der Waals surface area contributed by atoms with Gasteiger partial charge >= 0.3 is 0 Å². The lowest BCUT2D eigenvalue weighted by atomic mass is 10.1. The topological polar surface area (TPSA) is 86.7 Å². The molecule has 0 atom stereocenters. The average Bonchev–Trinajstić information content (AvgIpc) is 2.90. The van der Waals surface area contributed by atoms with E-state index in [1.807, 2.05) is 0 Å². The molecular weight excluding hydrogens is 372 g/mol. The SMILES string of the molecule is O=Cc1ccc(/C=C2\SC(=S)N(NC(=O)c3ccc(O)cc3)C2=O)cc1. The molecule has 0 saturated carbocycles. The highest BCUT2D eigenvalue weighted by Gasteiger charge is 2.33. The fourth-order valence-corrected chi connectivity index (χ4v) is 3.34. The molecule has 0 aliphatic carbocycles. The number of phenolic OH excluding ortho intramolecular Hbond substituents is 1. The molecule has 1 fully saturated rings. The van der Waals surface area contributed by atoms with Gasteiger partial charge in [-0.3, -0.25) is 19.8 Å². The minimum atomic E-state index is -0.516. The van der Waals surface area contributed by atoms with E-state index >= 15 is 0 Å². The summed E-state index contributed by atoms with van der Waals surface area (Å²) in [6.07, 6.45) is 2.38. The fraction of sp³-hybridized carbons (Fsp3) is 0. The van der Waals surface area contributed by atoms with Crippen molar-refractivity contribution in [1.82, 2.24) is 10.4 Å². The van der Waals surface area contributed by atoms with Gasteiger partial charge in [0.2, 0.25) is 0 Å². The summed E-state index contributed by atoms with van der Waals surface area (Å²) in [5, 5.41) is 10.3. The Labute approximate surface area is 158 Å². The number of thiocarbonyl (C=S) groups is 1. The van der Waals surface area contributed by atoms with E-state index in [1.54, 1.807) is 30.3 Å². The van der Waals surface area contributed by atoms with Crippen LogP contribution < -0.4 is 5.43 Å². The van der Waals surface area contributed by atoms with Crippen molar-refractivity contribution in [3.05, 3.63) is 70.1 Å². The molecule has 0 spiro atoms. The van der Waals surface area contributed by atoms with E-state index in [2.05, 4.69) is 5.43 Å². The first-order valence-corrected chi connectivity index (χ1v) is 8.63. The number of rotatable bonds is 4. The van der Waals surface area contributed by atoms with Crippen LogP contribution in [0.1, 0.15) is 26.3 Å². The van der Waals surface area contributed by atoms with E-state index in [-0.39, 0.29) is 15.6 Å². The lowest BCUT2D eigenvalue weighted by Crippen LogP contribution is -2.44. The van der Waals surface area contributed by atoms with Crippen LogP contribution in [0.25, 0.3) is 6.08 Å². The van der Waals surface area contributed by atoms with Crippen LogP contribution in [0.2, 0.25) is 0 Å². The molecule has 1 aliphatic rings. The van der Waals surface area contributed by atoms with Gasteiger partial charge in [-0.25, -0.2) is 0 Å². The quantitative estimate of drug-likeness (QED) is 0.479. The highest BCUT2D eigenvalue weighted by Crippen LogP contribution is 2.31. The van der Waals surface area contributed by atoms with Gasteiger partial charge in [-0.1, -0.05) is 36.0 Å². The van der Waals surface area contributed by atoms with Crippen molar-refractivity contribution in [3.8, 4) is 5.75 Å². The van der Waals surface area contributed by atoms with E-state index in [4.69, 9.17) is 12.2 Å². The lowest BCUT2D eigenvalue weighted by molar-refractivity contribution is -0.123. The van der Waals surface area contributed by atoms with Crippen LogP contribution in [0.3, 0.4) is 0 Å². The first-order valence-electron chi connectivity index (χ1n) is 7.41. The summed E-state index contributed by atoms with van der Waals surface area (Å²) in [5.74, 6) is -0.917. The van der Waals surface area contributed by atoms with Crippen molar-refractivity contribution in [1.29, 1.82) is 0 Å². The van der Waals surface area contributed by atoms with Crippen LogP contribution in [0.5, 0.6) is 5.75 Å². The summed E-state index contributed by atoms with van der Waals surface area (Å²) in [4.78, 5) is 35.8. The highest BCUT2D eigenvalue weighted by atomic mass is 32.2. The second-order valence-electron chi connectivity index (χ2n) is 5.29. The average molecular weight is 384 g/mol. The molecule has 8 heteroatoms. The molecule has 0 aromatic heterocycles. The molecule has 26 heavy (non-hydrogen) atoms. The van der Waals surface area contributed by atoms with Gasteiger partial charge in [0.05, 0.1) is 4.91 Å². The standard InChI is InChI=1S/C18H12N2O4S2/c21-10-12-3-1-11(2-4-12)9-15-17(24)20(18(25)26-15)19-16(23)13-5-7-14(22)8-6-13/h1-10,22H,(H,19,23)/b15-9-. The van der Waals surface area contributed by atoms with Gasteiger partial charge in [-0.15, -0.1) is 0 Å². The third-order valence-corrected chi connectivity index (χ3v) is 4.81. The molecular formula is C18H12N2O4S2. The molecule has 1 heterocycles. The Morgan fingerprint density at radius 2 is 1.69 bits per heavy atom. The number of phenols is 1. The Morgan fingerprint density at radius 3 is 2.31 bits per heavy atom. The molecule has 3 rings (SSSR count). The van der Waals surface area contributed by atoms with Crippen molar-refractivity contribution in [3.63, 3.8) is 0 Å². The van der Waals surface area contributed by atoms with Crippen molar-refractivity contribution in [2.24, 2.45) is 0 Å². The fourth-order valence-electron chi connectivity index (χ4n) is 2.17. The summed E-state index contributed by atoms with van der Waals surface area (Å²) in [5.41, 5.74) is 4.02. The van der Waals surface area contributed by atoms with Gasteiger partial charge in [-0.05, 0) is 48.1 Å². The number of hydrogen-bond acceptors (Lipinski definition) is 6. The van der Waals surface area contributed by atoms with E-state index in [0.717, 1.165) is 28.6 Å². The first kappa shape index (κ1) is 17.8. The zero-order chi connectivity index (χ0) is 18.7. The number of nitrogens with one attached hydrogen (secondary N) is 1. The van der Waals surface area contributed by atoms with Gasteiger partial charge in [-0.2, -0.15) is 5.01 Å². The lowest BCUT2D eigenvalue weighted by Gasteiger charge is -2.15. The number of nitrogens with zero attached hydrogens (tertiary/aromatic N) is 1. The van der Waals surface area contributed by atoms with E-state index in [1.165, 1.54) is 24.3 Å². The maximum Gasteiger partial charge on any atom is 0.285 e. The number of carbonyl (C=O) groups is 3. The van der Waals surface area contributed by atoms with Crippen molar-refractivity contribution >= 4 is 52.5 Å². The van der Waals surface area contributed by atoms with Crippen LogP contribution in [0.4, 0.5) is 0 Å². The van der Waals surface area contributed by atoms with Crippen molar-refractivity contribution < 1.29 is 19.5 Å². The molecule has 6 nitrogen and oxygen atoms in total. The van der Waals surface area contributed by atoms with Crippen LogP contribution in [0.15, 0.2) is 53.4 Å². The number of benzene rings is 2. The van der Waals surface area contributed by atoms with Crippen LogP contribution in [-0.2, 0) is 4.79 Å². The minimum Gasteiger partial charge on any atom is -0.508 e. The van der Waals surface area contributed by atoms with E-state index in [9.17, 15) is 19.5 Å². The molecule has 2 amide bonds. The first-order chi connectivity index (χ1) is 12.5. The van der Waals surface area contributed by atoms with Gasteiger partial charge in [0, 0.05) is 11.1 Å². The second kappa shape index (κ2) is 7.51. The Balaban J connectivity index is 1.75. The van der Waals surface area contributed by atoms with Gasteiger partial charge in [0.15, 0.2) is 4.32 Å². The molecule has 2 aromatic carbocycles.